The van der Waals surface area contributed by atoms with Gasteiger partial charge in [-0.15, -0.1) is 0 Å². The fourth-order valence-corrected chi connectivity index (χ4v) is 2.29. The molecule has 1 rings (SSSR count). The molecule has 1 unspecified atom stereocenters. The lowest BCUT2D eigenvalue weighted by molar-refractivity contribution is -0.124. The average molecular weight is 344 g/mol. The summed E-state index contributed by atoms with van der Waals surface area (Å²) in [4.78, 5) is 11.7. The lowest BCUT2D eigenvalue weighted by Gasteiger charge is -2.13. The third-order valence-electron chi connectivity index (χ3n) is 3.31. The van der Waals surface area contributed by atoms with Crippen LogP contribution in [0.3, 0.4) is 0 Å². The molecule has 0 radical (unpaired) electrons. The second-order valence-electron chi connectivity index (χ2n) is 4.65. The van der Waals surface area contributed by atoms with Gasteiger partial charge in [0.15, 0.2) is 11.5 Å². The second-order valence-corrected chi connectivity index (χ2v) is 5.50. The zero-order valence-electron chi connectivity index (χ0n) is 12.5. The van der Waals surface area contributed by atoms with Crippen LogP contribution >= 0.6 is 15.9 Å². The van der Waals surface area contributed by atoms with Crippen molar-refractivity contribution < 1.29 is 14.3 Å². The van der Waals surface area contributed by atoms with E-state index in [0.29, 0.717) is 18.0 Å². The Hall–Kier alpha value is -1.23. The number of amides is 1. The third-order valence-corrected chi connectivity index (χ3v) is 4.04. The van der Waals surface area contributed by atoms with Gasteiger partial charge in [0.25, 0.3) is 0 Å². The topological polar surface area (TPSA) is 47.6 Å². The summed E-state index contributed by atoms with van der Waals surface area (Å²) in [6, 6.07) is 3.81. The molecule has 1 N–H and O–H groups in total. The van der Waals surface area contributed by atoms with E-state index in [-0.39, 0.29) is 11.8 Å². The minimum absolute atomic E-state index is 0.0591. The van der Waals surface area contributed by atoms with Crippen molar-refractivity contribution in [3.8, 4) is 11.5 Å². The highest BCUT2D eigenvalue weighted by molar-refractivity contribution is 9.10. The first-order chi connectivity index (χ1) is 9.53. The summed E-state index contributed by atoms with van der Waals surface area (Å²) in [5.41, 5.74) is 1.08. The zero-order chi connectivity index (χ0) is 15.1. The van der Waals surface area contributed by atoms with Gasteiger partial charge in [-0.2, -0.15) is 0 Å². The maximum atomic E-state index is 11.7. The van der Waals surface area contributed by atoms with Crippen LogP contribution in [0.4, 0.5) is 0 Å². The number of halogens is 1. The van der Waals surface area contributed by atoms with E-state index in [1.54, 1.807) is 14.2 Å². The molecule has 0 saturated carbocycles. The molecular weight excluding hydrogens is 322 g/mol. The number of ether oxygens (including phenoxy) is 2. The Labute approximate surface area is 129 Å². The third kappa shape index (κ3) is 4.40. The van der Waals surface area contributed by atoms with E-state index >= 15 is 0 Å². The molecule has 0 aliphatic carbocycles. The van der Waals surface area contributed by atoms with E-state index in [0.717, 1.165) is 22.9 Å². The normalized spacial score (nSPS) is 11.8. The van der Waals surface area contributed by atoms with Crippen LogP contribution < -0.4 is 14.8 Å². The van der Waals surface area contributed by atoms with Gasteiger partial charge in [0.2, 0.25) is 5.91 Å². The number of methoxy groups -OCH3 is 2. The summed E-state index contributed by atoms with van der Waals surface area (Å²) in [5, 5.41) is 2.94. The first-order valence-electron chi connectivity index (χ1n) is 6.71. The van der Waals surface area contributed by atoms with E-state index in [1.165, 1.54) is 0 Å². The number of benzene rings is 1. The van der Waals surface area contributed by atoms with Crippen LogP contribution in [-0.2, 0) is 11.2 Å². The van der Waals surface area contributed by atoms with Crippen molar-refractivity contribution in [1.82, 2.24) is 5.32 Å². The fraction of sp³-hybridized carbons (Fsp3) is 0.533. The van der Waals surface area contributed by atoms with Gasteiger partial charge in [0, 0.05) is 16.9 Å². The van der Waals surface area contributed by atoms with Gasteiger partial charge in [-0.25, -0.2) is 0 Å². The Kier molecular flexibility index (Phi) is 6.85. The van der Waals surface area contributed by atoms with Gasteiger partial charge in [-0.3, -0.25) is 4.79 Å². The second kappa shape index (κ2) is 8.15. The molecule has 112 valence electrons. The number of carbonyl (C=O) groups is 1. The molecule has 0 saturated heterocycles. The predicted octanol–water partition coefficient (Wildman–Crippen LogP) is 3.17. The van der Waals surface area contributed by atoms with Crippen LogP contribution in [0.2, 0.25) is 0 Å². The van der Waals surface area contributed by atoms with Crippen LogP contribution in [0.5, 0.6) is 11.5 Å². The van der Waals surface area contributed by atoms with Crippen molar-refractivity contribution >= 4 is 21.8 Å². The number of carbonyl (C=O) groups excluding carboxylic acids is 1. The predicted molar refractivity (Wildman–Crippen MR) is 83.4 cm³/mol. The van der Waals surface area contributed by atoms with Crippen LogP contribution in [0.1, 0.15) is 25.8 Å². The zero-order valence-corrected chi connectivity index (χ0v) is 14.0. The maximum Gasteiger partial charge on any atom is 0.222 e. The molecule has 0 heterocycles. The van der Waals surface area contributed by atoms with Gasteiger partial charge in [0.05, 0.1) is 14.2 Å². The molecule has 0 fully saturated rings. The highest BCUT2D eigenvalue weighted by atomic mass is 79.9. The van der Waals surface area contributed by atoms with E-state index in [1.807, 2.05) is 26.0 Å². The average Bonchev–Trinajstić information content (AvgIpc) is 2.47. The highest BCUT2D eigenvalue weighted by Crippen LogP contribution is 2.33. The Morgan fingerprint density at radius 3 is 2.45 bits per heavy atom. The molecule has 20 heavy (non-hydrogen) atoms. The lowest BCUT2D eigenvalue weighted by Crippen LogP contribution is -2.30. The van der Waals surface area contributed by atoms with Gasteiger partial charge < -0.3 is 14.8 Å². The van der Waals surface area contributed by atoms with Crippen LogP contribution in [0.25, 0.3) is 0 Å². The molecule has 1 aromatic carbocycles. The summed E-state index contributed by atoms with van der Waals surface area (Å²) in [5.74, 6) is 1.54. The Morgan fingerprint density at radius 1 is 1.30 bits per heavy atom. The Morgan fingerprint density at radius 2 is 1.90 bits per heavy atom. The van der Waals surface area contributed by atoms with Crippen molar-refractivity contribution in [3.63, 3.8) is 0 Å². The molecule has 1 atom stereocenters. The van der Waals surface area contributed by atoms with E-state index in [2.05, 4.69) is 21.2 Å². The fourth-order valence-electron chi connectivity index (χ4n) is 1.77. The van der Waals surface area contributed by atoms with Gasteiger partial charge in [-0.1, -0.05) is 29.8 Å². The molecule has 0 aromatic heterocycles. The standard InChI is InChI=1S/C15H22BrNO3/c1-5-10(2)15(18)17-7-6-11-8-13(19-3)14(20-4)9-12(11)16/h8-10H,5-7H2,1-4H3,(H,17,18). The monoisotopic (exact) mass is 343 g/mol. The maximum absolute atomic E-state index is 11.7. The van der Waals surface area contributed by atoms with Crippen molar-refractivity contribution in [2.75, 3.05) is 20.8 Å². The number of hydrogen-bond acceptors (Lipinski definition) is 3. The highest BCUT2D eigenvalue weighted by Gasteiger charge is 2.12. The molecular formula is C15H22BrNO3. The summed E-state index contributed by atoms with van der Waals surface area (Å²) >= 11 is 3.51. The van der Waals surface area contributed by atoms with Crippen molar-refractivity contribution in [2.24, 2.45) is 5.92 Å². The minimum atomic E-state index is 0.0591. The Balaban J connectivity index is 2.66. The smallest absolute Gasteiger partial charge is 0.222 e. The lowest BCUT2D eigenvalue weighted by atomic mass is 10.1. The summed E-state index contributed by atoms with van der Waals surface area (Å²) < 4.78 is 11.5. The number of hydrogen-bond donors (Lipinski definition) is 1. The van der Waals surface area contributed by atoms with Gasteiger partial charge in [0.1, 0.15) is 0 Å². The van der Waals surface area contributed by atoms with Crippen LogP contribution in [-0.4, -0.2) is 26.7 Å². The molecule has 1 aromatic rings. The quantitative estimate of drug-likeness (QED) is 0.827. The molecule has 0 bridgehead atoms. The van der Waals surface area contributed by atoms with E-state index in [4.69, 9.17) is 9.47 Å². The summed E-state index contributed by atoms with van der Waals surface area (Å²) in [6.45, 7) is 4.55. The minimum Gasteiger partial charge on any atom is -0.493 e. The van der Waals surface area contributed by atoms with Crippen molar-refractivity contribution in [3.05, 3.63) is 22.2 Å². The Bertz CT molecular complexity index is 463. The van der Waals surface area contributed by atoms with Gasteiger partial charge in [-0.05, 0) is 30.5 Å². The summed E-state index contributed by atoms with van der Waals surface area (Å²) in [6.07, 6.45) is 1.59. The van der Waals surface area contributed by atoms with Crippen molar-refractivity contribution in [2.45, 2.75) is 26.7 Å². The van der Waals surface area contributed by atoms with Crippen LogP contribution in [0.15, 0.2) is 16.6 Å². The first kappa shape index (κ1) is 16.8. The molecule has 0 spiro atoms. The molecule has 4 nitrogen and oxygen atoms in total. The SMILES string of the molecule is CCC(C)C(=O)NCCc1cc(OC)c(OC)cc1Br. The summed E-state index contributed by atoms with van der Waals surface area (Å²) in [7, 11) is 3.22. The molecule has 5 heteroatoms. The number of rotatable bonds is 7. The van der Waals surface area contributed by atoms with E-state index in [9.17, 15) is 4.79 Å². The largest absolute Gasteiger partial charge is 0.493 e. The molecule has 0 aliphatic heterocycles. The molecule has 1 amide bonds. The number of nitrogens with one attached hydrogen (secondary N) is 1. The van der Waals surface area contributed by atoms with E-state index < -0.39 is 0 Å². The molecule has 0 aliphatic rings. The van der Waals surface area contributed by atoms with Crippen LogP contribution in [0, 0.1) is 5.92 Å². The first-order valence-corrected chi connectivity index (χ1v) is 7.50. The van der Waals surface area contributed by atoms with Crippen molar-refractivity contribution in [1.29, 1.82) is 0 Å². The van der Waals surface area contributed by atoms with Gasteiger partial charge >= 0.3 is 0 Å².